The first kappa shape index (κ1) is 13.5. The summed E-state index contributed by atoms with van der Waals surface area (Å²) in [5.74, 6) is 0. The number of rotatable bonds is 4. The highest BCUT2D eigenvalue weighted by molar-refractivity contribution is 5.78. The van der Waals surface area contributed by atoms with Crippen LogP contribution in [-0.4, -0.2) is 45.8 Å². The van der Waals surface area contributed by atoms with E-state index in [2.05, 4.69) is 33.4 Å². The minimum Gasteiger partial charge on any atom is -0.311 e. The summed E-state index contributed by atoms with van der Waals surface area (Å²) in [6, 6.07) is 2.89. The van der Waals surface area contributed by atoms with E-state index in [9.17, 15) is 0 Å². The third kappa shape index (κ3) is 2.55. The highest BCUT2D eigenvalue weighted by atomic mass is 15.3. The minimum absolute atomic E-state index is 0.687. The molecule has 0 amide bonds. The second-order valence-electron chi connectivity index (χ2n) is 5.83. The van der Waals surface area contributed by atoms with Gasteiger partial charge in [0.1, 0.15) is 0 Å². The van der Waals surface area contributed by atoms with Gasteiger partial charge in [-0.15, -0.1) is 0 Å². The lowest BCUT2D eigenvalue weighted by Crippen LogP contribution is -2.35. The number of fused-ring (bicyclic) bond motifs is 1. The maximum Gasteiger partial charge on any atom is 0.157 e. The number of aryl methyl sites for hydroxylation is 2. The van der Waals surface area contributed by atoms with Crippen molar-refractivity contribution in [3.63, 3.8) is 0 Å². The molecule has 1 fully saturated rings. The van der Waals surface area contributed by atoms with Gasteiger partial charge >= 0.3 is 0 Å². The van der Waals surface area contributed by atoms with Crippen LogP contribution in [0.2, 0.25) is 0 Å². The summed E-state index contributed by atoms with van der Waals surface area (Å²) in [6.45, 7) is 5.20. The molecule has 20 heavy (non-hydrogen) atoms. The van der Waals surface area contributed by atoms with E-state index in [1.807, 2.05) is 24.9 Å². The van der Waals surface area contributed by atoms with E-state index < -0.39 is 0 Å². The van der Waals surface area contributed by atoms with Crippen LogP contribution < -0.4 is 5.32 Å². The topological polar surface area (TPSA) is 46.0 Å². The second kappa shape index (κ2) is 5.50. The van der Waals surface area contributed by atoms with Crippen molar-refractivity contribution in [2.45, 2.75) is 32.4 Å². The van der Waals surface area contributed by atoms with Crippen molar-refractivity contribution >= 4 is 11.0 Å². The van der Waals surface area contributed by atoms with Gasteiger partial charge in [0.2, 0.25) is 0 Å². The van der Waals surface area contributed by atoms with Gasteiger partial charge in [0.05, 0.1) is 5.69 Å². The minimum atomic E-state index is 0.687. The van der Waals surface area contributed by atoms with Gasteiger partial charge in [-0.1, -0.05) is 0 Å². The Morgan fingerprint density at radius 3 is 3.00 bits per heavy atom. The van der Waals surface area contributed by atoms with E-state index in [4.69, 9.17) is 0 Å². The molecule has 5 heteroatoms. The Hall–Kier alpha value is -1.46. The average molecular weight is 273 g/mol. The zero-order valence-corrected chi connectivity index (χ0v) is 12.6. The first-order valence-electron chi connectivity index (χ1n) is 7.34. The molecule has 0 unspecified atom stereocenters. The van der Waals surface area contributed by atoms with E-state index >= 15 is 0 Å². The molecule has 1 N–H and O–H groups in total. The Kier molecular flexibility index (Phi) is 3.72. The molecule has 0 bridgehead atoms. The zero-order chi connectivity index (χ0) is 14.1. The SMILES string of the molecule is Cc1nn(C)c2ncc(CNC[C@H]3CCCN3C)cc12. The van der Waals surface area contributed by atoms with Crippen molar-refractivity contribution in [3.8, 4) is 0 Å². The summed E-state index contributed by atoms with van der Waals surface area (Å²) >= 11 is 0. The number of hydrogen-bond donors (Lipinski definition) is 1. The van der Waals surface area contributed by atoms with Crippen LogP contribution in [0.25, 0.3) is 11.0 Å². The van der Waals surface area contributed by atoms with E-state index in [0.29, 0.717) is 6.04 Å². The van der Waals surface area contributed by atoms with Crippen LogP contribution in [0.1, 0.15) is 24.1 Å². The highest BCUT2D eigenvalue weighted by Crippen LogP contribution is 2.17. The smallest absolute Gasteiger partial charge is 0.157 e. The van der Waals surface area contributed by atoms with Gasteiger partial charge in [-0.3, -0.25) is 4.68 Å². The Labute approximate surface area is 120 Å². The fourth-order valence-corrected chi connectivity index (χ4v) is 3.07. The van der Waals surface area contributed by atoms with Crippen molar-refractivity contribution in [1.29, 1.82) is 0 Å². The van der Waals surface area contributed by atoms with Gasteiger partial charge in [0.15, 0.2) is 5.65 Å². The maximum absolute atomic E-state index is 4.52. The Balaban J connectivity index is 1.64. The molecule has 0 aliphatic carbocycles. The predicted molar refractivity (Wildman–Crippen MR) is 80.6 cm³/mol. The average Bonchev–Trinajstić information content (AvgIpc) is 2.95. The summed E-state index contributed by atoms with van der Waals surface area (Å²) in [5, 5.41) is 9.12. The maximum atomic E-state index is 4.52. The molecule has 1 saturated heterocycles. The summed E-state index contributed by atoms with van der Waals surface area (Å²) in [5.41, 5.74) is 3.24. The van der Waals surface area contributed by atoms with Crippen LogP contribution in [0.3, 0.4) is 0 Å². The molecule has 108 valence electrons. The molecule has 3 heterocycles. The Bertz CT molecular complexity index is 604. The summed E-state index contributed by atoms with van der Waals surface area (Å²) in [7, 11) is 4.15. The fourth-order valence-electron chi connectivity index (χ4n) is 3.07. The quantitative estimate of drug-likeness (QED) is 0.916. The lowest BCUT2D eigenvalue weighted by molar-refractivity contribution is 0.300. The third-order valence-electron chi connectivity index (χ3n) is 4.30. The van der Waals surface area contributed by atoms with Crippen molar-refractivity contribution in [2.24, 2.45) is 7.05 Å². The number of aromatic nitrogens is 3. The Morgan fingerprint density at radius 2 is 2.25 bits per heavy atom. The standard InChI is InChI=1S/C15H23N5/c1-11-14-7-12(9-17-15(14)20(3)18-11)8-16-10-13-5-4-6-19(13)2/h7,9,13,16H,4-6,8,10H2,1-3H3/t13-/m1/s1. The lowest BCUT2D eigenvalue weighted by Gasteiger charge is -2.19. The molecule has 3 rings (SSSR count). The van der Waals surface area contributed by atoms with Gasteiger partial charge < -0.3 is 10.2 Å². The van der Waals surface area contributed by atoms with Crippen molar-refractivity contribution < 1.29 is 0 Å². The molecule has 2 aromatic rings. The van der Waals surface area contributed by atoms with E-state index in [-0.39, 0.29) is 0 Å². The second-order valence-corrected chi connectivity index (χ2v) is 5.83. The molecule has 1 aliphatic rings. The van der Waals surface area contributed by atoms with Crippen LogP contribution in [0.15, 0.2) is 12.3 Å². The number of likely N-dealkylation sites (tertiary alicyclic amines) is 1. The molecule has 0 saturated carbocycles. The van der Waals surface area contributed by atoms with Crippen molar-refractivity contribution in [3.05, 3.63) is 23.5 Å². The first-order chi connectivity index (χ1) is 9.65. The molecule has 0 aromatic carbocycles. The number of nitrogens with zero attached hydrogens (tertiary/aromatic N) is 4. The molecular formula is C15H23N5. The summed E-state index contributed by atoms with van der Waals surface area (Å²) in [6.07, 6.45) is 4.59. The highest BCUT2D eigenvalue weighted by Gasteiger charge is 2.19. The Morgan fingerprint density at radius 1 is 1.40 bits per heavy atom. The molecule has 0 spiro atoms. The normalized spacial score (nSPS) is 20.1. The monoisotopic (exact) mass is 273 g/mol. The van der Waals surface area contributed by atoms with E-state index in [1.165, 1.54) is 24.9 Å². The molecule has 2 aromatic heterocycles. The van der Waals surface area contributed by atoms with Gasteiger partial charge in [-0.2, -0.15) is 5.10 Å². The largest absolute Gasteiger partial charge is 0.311 e. The lowest BCUT2D eigenvalue weighted by atomic mass is 10.2. The molecule has 1 aliphatic heterocycles. The van der Waals surface area contributed by atoms with Gasteiger partial charge in [0, 0.05) is 37.8 Å². The van der Waals surface area contributed by atoms with Crippen LogP contribution in [0.4, 0.5) is 0 Å². The molecule has 0 radical (unpaired) electrons. The van der Waals surface area contributed by atoms with Gasteiger partial charge in [-0.05, 0) is 45.0 Å². The first-order valence-corrected chi connectivity index (χ1v) is 7.34. The van der Waals surface area contributed by atoms with E-state index in [0.717, 1.165) is 29.8 Å². The number of nitrogens with one attached hydrogen (secondary N) is 1. The number of pyridine rings is 1. The molecular weight excluding hydrogens is 250 g/mol. The van der Waals surface area contributed by atoms with Gasteiger partial charge in [0.25, 0.3) is 0 Å². The number of hydrogen-bond acceptors (Lipinski definition) is 4. The third-order valence-corrected chi connectivity index (χ3v) is 4.30. The summed E-state index contributed by atoms with van der Waals surface area (Å²) in [4.78, 5) is 6.96. The molecule has 5 nitrogen and oxygen atoms in total. The van der Waals surface area contributed by atoms with Crippen molar-refractivity contribution in [2.75, 3.05) is 20.1 Å². The molecule has 1 atom stereocenters. The van der Waals surface area contributed by atoms with E-state index in [1.54, 1.807) is 0 Å². The zero-order valence-electron chi connectivity index (χ0n) is 12.6. The van der Waals surface area contributed by atoms with Crippen LogP contribution >= 0.6 is 0 Å². The predicted octanol–water partition coefficient (Wildman–Crippen LogP) is 1.46. The van der Waals surface area contributed by atoms with Crippen LogP contribution in [-0.2, 0) is 13.6 Å². The van der Waals surface area contributed by atoms with Crippen LogP contribution in [0.5, 0.6) is 0 Å². The van der Waals surface area contributed by atoms with Crippen molar-refractivity contribution in [1.82, 2.24) is 25.0 Å². The summed E-state index contributed by atoms with van der Waals surface area (Å²) < 4.78 is 1.84. The fraction of sp³-hybridized carbons (Fsp3) is 0.600. The van der Waals surface area contributed by atoms with Crippen LogP contribution in [0, 0.1) is 6.92 Å². The number of likely N-dealkylation sites (N-methyl/N-ethyl adjacent to an activating group) is 1. The van der Waals surface area contributed by atoms with Gasteiger partial charge in [-0.25, -0.2) is 4.98 Å².